The van der Waals surface area contributed by atoms with Crippen LogP contribution in [0.3, 0.4) is 0 Å². The highest BCUT2D eigenvalue weighted by Gasteiger charge is 2.37. The number of anilines is 1. The Balaban J connectivity index is 2.43. The number of hydrogen-bond donors (Lipinski definition) is 1. The fourth-order valence-electron chi connectivity index (χ4n) is 2.43. The molecule has 2 N–H and O–H groups in total. The van der Waals surface area contributed by atoms with Crippen molar-refractivity contribution in [2.45, 2.75) is 44.6 Å². The lowest BCUT2D eigenvalue weighted by Gasteiger charge is -2.34. The molecule has 17 heavy (non-hydrogen) atoms. The van der Waals surface area contributed by atoms with Gasteiger partial charge in [0.25, 0.3) is 0 Å². The highest BCUT2D eigenvalue weighted by atomic mass is 19.1. The van der Waals surface area contributed by atoms with Crippen LogP contribution in [0.15, 0.2) is 0 Å². The number of hydrogen-bond acceptors (Lipinski definition) is 4. The zero-order valence-electron chi connectivity index (χ0n) is 10.3. The Hall–Kier alpha value is -1.23. The van der Waals surface area contributed by atoms with Crippen molar-refractivity contribution in [3.8, 4) is 0 Å². The van der Waals surface area contributed by atoms with E-state index in [-0.39, 0.29) is 11.5 Å². The van der Waals surface area contributed by atoms with Gasteiger partial charge in [-0.05, 0) is 19.8 Å². The van der Waals surface area contributed by atoms with Gasteiger partial charge < -0.3 is 10.5 Å². The lowest BCUT2D eigenvalue weighted by atomic mass is 9.84. The minimum absolute atomic E-state index is 0.0884. The van der Waals surface area contributed by atoms with Crippen LogP contribution in [0, 0.1) is 12.7 Å². The van der Waals surface area contributed by atoms with E-state index in [0.717, 1.165) is 25.7 Å². The van der Waals surface area contributed by atoms with Crippen molar-refractivity contribution in [3.63, 3.8) is 0 Å². The Bertz CT molecular complexity index is 393. The minimum atomic E-state index is -0.532. The van der Waals surface area contributed by atoms with Gasteiger partial charge in [-0.15, -0.1) is 0 Å². The Kier molecular flexibility index (Phi) is 3.28. The number of halogens is 1. The van der Waals surface area contributed by atoms with Gasteiger partial charge in [-0.2, -0.15) is 0 Å². The maximum Gasteiger partial charge on any atom is 0.186 e. The standard InChI is InChI=1S/C12H18FN3O/c1-8-9(13)10(14)16-11(15-8)12(17-2)6-4-3-5-7-12/h3-7H2,1-2H3,(H2,14,15,16). The molecule has 0 radical (unpaired) electrons. The van der Waals surface area contributed by atoms with Crippen LogP contribution in [-0.2, 0) is 10.3 Å². The molecule has 1 aromatic heterocycles. The van der Waals surface area contributed by atoms with Gasteiger partial charge in [0.15, 0.2) is 17.5 Å². The Morgan fingerprint density at radius 2 is 1.88 bits per heavy atom. The summed E-state index contributed by atoms with van der Waals surface area (Å²) in [5.41, 5.74) is 5.37. The molecule has 1 aliphatic rings. The summed E-state index contributed by atoms with van der Waals surface area (Å²) in [5.74, 6) is -0.0959. The maximum absolute atomic E-state index is 13.4. The first kappa shape index (κ1) is 12.2. The summed E-state index contributed by atoms with van der Waals surface area (Å²) in [5, 5.41) is 0. The van der Waals surface area contributed by atoms with Crippen LogP contribution in [-0.4, -0.2) is 17.1 Å². The van der Waals surface area contributed by atoms with E-state index in [9.17, 15) is 4.39 Å². The summed E-state index contributed by atoms with van der Waals surface area (Å²) >= 11 is 0. The van der Waals surface area contributed by atoms with E-state index in [4.69, 9.17) is 10.5 Å². The molecular formula is C12H18FN3O. The molecular weight excluding hydrogens is 221 g/mol. The molecule has 1 heterocycles. The maximum atomic E-state index is 13.4. The number of aromatic nitrogens is 2. The molecule has 0 aromatic carbocycles. The number of nitrogen functional groups attached to an aromatic ring is 1. The Labute approximate surface area is 100 Å². The van der Waals surface area contributed by atoms with Crippen LogP contribution in [0.4, 0.5) is 10.2 Å². The normalized spacial score (nSPS) is 19.2. The van der Waals surface area contributed by atoms with Crippen molar-refractivity contribution >= 4 is 5.82 Å². The largest absolute Gasteiger partial charge is 0.381 e. The molecule has 0 atom stereocenters. The molecule has 4 nitrogen and oxygen atoms in total. The lowest BCUT2D eigenvalue weighted by molar-refractivity contribution is -0.0516. The molecule has 1 aliphatic carbocycles. The molecule has 0 saturated heterocycles. The second-order valence-electron chi connectivity index (χ2n) is 4.59. The second kappa shape index (κ2) is 4.56. The Morgan fingerprint density at radius 3 is 2.41 bits per heavy atom. The van der Waals surface area contributed by atoms with Gasteiger partial charge in [0.2, 0.25) is 0 Å². The van der Waals surface area contributed by atoms with E-state index in [1.165, 1.54) is 6.42 Å². The zero-order chi connectivity index (χ0) is 12.5. The van der Waals surface area contributed by atoms with Crippen LogP contribution in [0.1, 0.15) is 43.6 Å². The predicted molar refractivity (Wildman–Crippen MR) is 62.9 cm³/mol. The van der Waals surface area contributed by atoms with E-state index < -0.39 is 11.4 Å². The summed E-state index contributed by atoms with van der Waals surface area (Å²) in [6, 6.07) is 0. The van der Waals surface area contributed by atoms with Crippen molar-refractivity contribution in [1.29, 1.82) is 0 Å². The summed E-state index contributed by atoms with van der Waals surface area (Å²) in [4.78, 5) is 8.28. The number of ether oxygens (including phenoxy) is 1. The minimum Gasteiger partial charge on any atom is -0.381 e. The molecule has 0 aliphatic heterocycles. The molecule has 1 fully saturated rings. The quantitative estimate of drug-likeness (QED) is 0.860. The topological polar surface area (TPSA) is 61.0 Å². The first-order valence-corrected chi connectivity index (χ1v) is 5.94. The SMILES string of the molecule is COC1(c2nc(C)c(F)c(N)n2)CCCCC1. The van der Waals surface area contributed by atoms with Gasteiger partial charge in [-0.3, -0.25) is 0 Å². The molecule has 0 unspecified atom stereocenters. The molecule has 2 rings (SSSR count). The van der Waals surface area contributed by atoms with Gasteiger partial charge in [0.1, 0.15) is 5.60 Å². The van der Waals surface area contributed by atoms with Gasteiger partial charge in [-0.25, -0.2) is 14.4 Å². The average Bonchev–Trinajstić information content (AvgIpc) is 2.36. The molecule has 0 amide bonds. The van der Waals surface area contributed by atoms with Crippen LogP contribution in [0.25, 0.3) is 0 Å². The number of aryl methyl sites for hydroxylation is 1. The van der Waals surface area contributed by atoms with Gasteiger partial charge in [-0.1, -0.05) is 19.3 Å². The summed E-state index contributed by atoms with van der Waals surface area (Å²) < 4.78 is 19.0. The third-order valence-electron chi connectivity index (χ3n) is 3.50. The fourth-order valence-corrected chi connectivity index (χ4v) is 2.43. The summed E-state index contributed by atoms with van der Waals surface area (Å²) in [7, 11) is 1.66. The molecule has 5 heteroatoms. The molecule has 94 valence electrons. The van der Waals surface area contributed by atoms with Crippen molar-refractivity contribution < 1.29 is 9.13 Å². The molecule has 0 bridgehead atoms. The summed E-state index contributed by atoms with van der Waals surface area (Å²) in [6.45, 7) is 1.60. The highest BCUT2D eigenvalue weighted by molar-refractivity contribution is 5.33. The number of nitrogens with two attached hydrogens (primary N) is 1. The third-order valence-corrected chi connectivity index (χ3v) is 3.50. The van der Waals surface area contributed by atoms with Gasteiger partial charge in [0.05, 0.1) is 5.69 Å². The lowest BCUT2D eigenvalue weighted by Crippen LogP contribution is -2.34. The van der Waals surface area contributed by atoms with Crippen molar-refractivity contribution in [2.75, 3.05) is 12.8 Å². The van der Waals surface area contributed by atoms with Crippen molar-refractivity contribution in [2.24, 2.45) is 0 Å². The molecule has 0 spiro atoms. The first-order chi connectivity index (χ1) is 8.09. The van der Waals surface area contributed by atoms with E-state index in [1.807, 2.05) is 0 Å². The zero-order valence-corrected chi connectivity index (χ0v) is 10.3. The predicted octanol–water partition coefficient (Wildman–Crippen LogP) is 2.31. The fraction of sp³-hybridized carbons (Fsp3) is 0.667. The van der Waals surface area contributed by atoms with E-state index in [2.05, 4.69) is 9.97 Å². The number of methoxy groups -OCH3 is 1. The summed E-state index contributed by atoms with van der Waals surface area (Å²) in [6.07, 6.45) is 5.09. The van der Waals surface area contributed by atoms with Gasteiger partial charge in [0, 0.05) is 7.11 Å². The van der Waals surface area contributed by atoms with Crippen LogP contribution in [0.2, 0.25) is 0 Å². The van der Waals surface area contributed by atoms with Crippen LogP contribution < -0.4 is 5.73 Å². The second-order valence-corrected chi connectivity index (χ2v) is 4.59. The van der Waals surface area contributed by atoms with Crippen molar-refractivity contribution in [3.05, 3.63) is 17.3 Å². The number of nitrogens with zero attached hydrogens (tertiary/aromatic N) is 2. The van der Waals surface area contributed by atoms with Crippen LogP contribution >= 0.6 is 0 Å². The molecule has 1 saturated carbocycles. The average molecular weight is 239 g/mol. The Morgan fingerprint density at radius 1 is 1.24 bits per heavy atom. The monoisotopic (exact) mass is 239 g/mol. The van der Waals surface area contributed by atoms with E-state index in [0.29, 0.717) is 5.82 Å². The van der Waals surface area contributed by atoms with E-state index in [1.54, 1.807) is 14.0 Å². The smallest absolute Gasteiger partial charge is 0.186 e. The highest BCUT2D eigenvalue weighted by Crippen LogP contribution is 2.38. The third kappa shape index (κ3) is 2.11. The first-order valence-electron chi connectivity index (χ1n) is 5.94. The van der Waals surface area contributed by atoms with Gasteiger partial charge >= 0.3 is 0 Å². The van der Waals surface area contributed by atoms with Crippen molar-refractivity contribution in [1.82, 2.24) is 9.97 Å². The molecule has 1 aromatic rings. The number of rotatable bonds is 2. The van der Waals surface area contributed by atoms with Crippen LogP contribution in [0.5, 0.6) is 0 Å². The van der Waals surface area contributed by atoms with E-state index >= 15 is 0 Å².